The fourth-order valence-electron chi connectivity index (χ4n) is 4.13. The van der Waals surface area contributed by atoms with Crippen LogP contribution in [0.3, 0.4) is 0 Å². The number of fused-ring (bicyclic) bond motifs is 1. The number of piperidine rings is 1. The molecule has 2 atom stereocenters. The number of alkyl halides is 3. The topological polar surface area (TPSA) is 83.4 Å². The average molecular weight is 421 g/mol. The summed E-state index contributed by atoms with van der Waals surface area (Å²) < 4.78 is 49.2. The molecule has 0 saturated carbocycles. The Bertz CT molecular complexity index is 1020. The van der Waals surface area contributed by atoms with Gasteiger partial charge in [-0.1, -0.05) is 0 Å². The second-order valence-electron chi connectivity index (χ2n) is 7.78. The maximum absolute atomic E-state index is 14.2. The molecule has 3 aromatic rings. The third kappa shape index (κ3) is 3.57. The molecule has 160 valence electrons. The Kier molecular flexibility index (Phi) is 4.76. The van der Waals surface area contributed by atoms with Crippen molar-refractivity contribution in [2.24, 2.45) is 0 Å². The molecule has 0 unspecified atom stereocenters. The number of nitrogens with zero attached hydrogens (tertiary/aromatic N) is 5. The number of aromatic amines is 1. The molecule has 0 bridgehead atoms. The minimum Gasteiger partial charge on any atom is -0.378 e. The van der Waals surface area contributed by atoms with E-state index in [1.807, 2.05) is 6.07 Å². The lowest BCUT2D eigenvalue weighted by Gasteiger charge is -2.35. The molecule has 2 fully saturated rings. The Balaban J connectivity index is 1.57. The SMILES string of the molecule is F[C@@H]1COCC[C@@H]1Nc1nc2c(N3CCCC(F)(F)C3)c(-c3cn[nH]c3)ccn2n1. The van der Waals surface area contributed by atoms with Crippen molar-refractivity contribution in [3.05, 3.63) is 24.7 Å². The van der Waals surface area contributed by atoms with E-state index in [4.69, 9.17) is 4.74 Å². The number of rotatable bonds is 4. The highest BCUT2D eigenvalue weighted by Crippen LogP contribution is 2.38. The van der Waals surface area contributed by atoms with Gasteiger partial charge >= 0.3 is 0 Å². The molecule has 0 amide bonds. The zero-order valence-corrected chi connectivity index (χ0v) is 16.2. The molecule has 3 aromatic heterocycles. The average Bonchev–Trinajstić information content (AvgIpc) is 3.37. The molecule has 0 aliphatic carbocycles. The van der Waals surface area contributed by atoms with Gasteiger partial charge in [0.15, 0.2) is 5.65 Å². The van der Waals surface area contributed by atoms with E-state index in [1.165, 1.54) is 0 Å². The van der Waals surface area contributed by atoms with Crippen molar-refractivity contribution >= 4 is 17.3 Å². The van der Waals surface area contributed by atoms with Crippen LogP contribution in [0.15, 0.2) is 24.7 Å². The quantitative estimate of drug-likeness (QED) is 0.674. The van der Waals surface area contributed by atoms with Gasteiger partial charge in [-0.15, -0.1) is 5.10 Å². The molecule has 5 heterocycles. The summed E-state index contributed by atoms with van der Waals surface area (Å²) in [7, 11) is 0. The highest BCUT2D eigenvalue weighted by Gasteiger charge is 2.37. The summed E-state index contributed by atoms with van der Waals surface area (Å²) in [5.41, 5.74) is 2.52. The molecular weight excluding hydrogens is 399 g/mol. The van der Waals surface area contributed by atoms with Gasteiger partial charge in [0.25, 0.3) is 5.92 Å². The van der Waals surface area contributed by atoms with E-state index in [2.05, 4.69) is 25.6 Å². The first-order valence-electron chi connectivity index (χ1n) is 10.00. The summed E-state index contributed by atoms with van der Waals surface area (Å²) in [6.45, 7) is 0.593. The first-order chi connectivity index (χ1) is 14.5. The van der Waals surface area contributed by atoms with Gasteiger partial charge in [0, 0.05) is 43.1 Å². The lowest BCUT2D eigenvalue weighted by Crippen LogP contribution is -2.43. The minimum absolute atomic E-state index is 0.0315. The van der Waals surface area contributed by atoms with Crippen LogP contribution >= 0.6 is 0 Å². The minimum atomic E-state index is -2.77. The number of hydrogen-bond donors (Lipinski definition) is 2. The number of nitrogens with one attached hydrogen (secondary N) is 2. The van der Waals surface area contributed by atoms with Crippen molar-refractivity contribution in [1.82, 2.24) is 24.8 Å². The van der Waals surface area contributed by atoms with Crippen molar-refractivity contribution in [1.29, 1.82) is 0 Å². The normalized spacial score (nSPS) is 24.3. The highest BCUT2D eigenvalue weighted by atomic mass is 19.3. The van der Waals surface area contributed by atoms with Crippen LogP contribution in [0.2, 0.25) is 0 Å². The largest absolute Gasteiger partial charge is 0.378 e. The van der Waals surface area contributed by atoms with Gasteiger partial charge in [0.05, 0.1) is 31.1 Å². The van der Waals surface area contributed by atoms with Gasteiger partial charge in [-0.2, -0.15) is 10.1 Å². The Morgan fingerprint density at radius 1 is 1.33 bits per heavy atom. The molecule has 2 aliphatic rings. The zero-order valence-electron chi connectivity index (χ0n) is 16.2. The number of pyridine rings is 1. The fraction of sp³-hybridized carbons (Fsp3) is 0.526. The number of anilines is 2. The van der Waals surface area contributed by atoms with Crippen LogP contribution in [0.1, 0.15) is 19.3 Å². The van der Waals surface area contributed by atoms with E-state index in [1.54, 1.807) is 28.0 Å². The van der Waals surface area contributed by atoms with Gasteiger partial charge in [-0.3, -0.25) is 5.10 Å². The molecule has 2 aliphatic heterocycles. The van der Waals surface area contributed by atoms with Crippen molar-refractivity contribution in [3.8, 4) is 11.1 Å². The molecule has 5 rings (SSSR count). The molecule has 0 spiro atoms. The lowest BCUT2D eigenvalue weighted by atomic mass is 10.0. The van der Waals surface area contributed by atoms with Crippen molar-refractivity contribution in [2.45, 2.75) is 37.4 Å². The van der Waals surface area contributed by atoms with Gasteiger partial charge in [-0.25, -0.2) is 17.7 Å². The van der Waals surface area contributed by atoms with Gasteiger partial charge in [0.2, 0.25) is 5.95 Å². The second kappa shape index (κ2) is 7.46. The summed E-state index contributed by atoms with van der Waals surface area (Å²) in [5, 5.41) is 14.2. The van der Waals surface area contributed by atoms with E-state index in [-0.39, 0.29) is 25.5 Å². The Hall–Kier alpha value is -2.82. The summed E-state index contributed by atoms with van der Waals surface area (Å²) in [6.07, 6.45) is 4.66. The van der Waals surface area contributed by atoms with Crippen molar-refractivity contribution in [2.75, 3.05) is 36.5 Å². The third-order valence-corrected chi connectivity index (χ3v) is 5.60. The predicted molar refractivity (Wildman–Crippen MR) is 105 cm³/mol. The van der Waals surface area contributed by atoms with Crippen LogP contribution in [0.4, 0.5) is 24.8 Å². The highest BCUT2D eigenvalue weighted by molar-refractivity contribution is 5.87. The molecule has 30 heavy (non-hydrogen) atoms. The number of hydrogen-bond acceptors (Lipinski definition) is 6. The summed E-state index contributed by atoms with van der Waals surface area (Å²) in [4.78, 5) is 6.21. The van der Waals surface area contributed by atoms with Crippen LogP contribution < -0.4 is 10.2 Å². The first kappa shape index (κ1) is 19.2. The van der Waals surface area contributed by atoms with E-state index < -0.39 is 18.1 Å². The van der Waals surface area contributed by atoms with E-state index >= 15 is 0 Å². The molecular formula is C19H22F3N7O. The zero-order chi connectivity index (χ0) is 20.7. The Labute approximate surface area is 170 Å². The summed E-state index contributed by atoms with van der Waals surface area (Å²) >= 11 is 0. The number of H-pyrrole nitrogens is 1. The molecule has 8 nitrogen and oxygen atoms in total. The molecule has 2 N–H and O–H groups in total. The van der Waals surface area contributed by atoms with E-state index in [0.717, 1.165) is 11.1 Å². The molecule has 2 saturated heterocycles. The van der Waals surface area contributed by atoms with E-state index in [9.17, 15) is 13.2 Å². The number of ether oxygens (including phenoxy) is 1. The van der Waals surface area contributed by atoms with Crippen molar-refractivity contribution < 1.29 is 17.9 Å². The number of aromatic nitrogens is 5. The monoisotopic (exact) mass is 421 g/mol. The lowest BCUT2D eigenvalue weighted by molar-refractivity contribution is -0.0115. The Morgan fingerprint density at radius 3 is 3.00 bits per heavy atom. The third-order valence-electron chi connectivity index (χ3n) is 5.60. The maximum Gasteiger partial charge on any atom is 0.265 e. The Morgan fingerprint density at radius 2 is 2.23 bits per heavy atom. The summed E-state index contributed by atoms with van der Waals surface area (Å²) in [5.74, 6) is -2.51. The molecule has 0 radical (unpaired) electrons. The van der Waals surface area contributed by atoms with Crippen molar-refractivity contribution in [3.63, 3.8) is 0 Å². The van der Waals surface area contributed by atoms with Gasteiger partial charge < -0.3 is 15.0 Å². The van der Waals surface area contributed by atoms with Gasteiger partial charge in [0.1, 0.15) is 6.17 Å². The van der Waals surface area contributed by atoms with Crippen LogP contribution in [-0.2, 0) is 4.74 Å². The maximum atomic E-state index is 14.2. The second-order valence-corrected chi connectivity index (χ2v) is 7.78. The van der Waals surface area contributed by atoms with Crippen LogP contribution in [0, 0.1) is 0 Å². The smallest absolute Gasteiger partial charge is 0.265 e. The van der Waals surface area contributed by atoms with Gasteiger partial charge in [-0.05, 0) is 18.9 Å². The first-order valence-corrected chi connectivity index (χ1v) is 10.00. The number of halogens is 3. The molecule has 0 aromatic carbocycles. The summed E-state index contributed by atoms with van der Waals surface area (Å²) in [6, 6.07) is 1.36. The van der Waals surface area contributed by atoms with Crippen LogP contribution in [-0.4, -0.2) is 69.2 Å². The van der Waals surface area contributed by atoms with E-state index in [0.29, 0.717) is 37.3 Å². The van der Waals surface area contributed by atoms with Crippen LogP contribution in [0.25, 0.3) is 16.8 Å². The standard InChI is InChI=1S/C19H22F3N7O/c20-14-10-30-7-3-15(14)25-18-26-17-16(28-5-1-4-19(21,22)11-28)13(2-6-29(17)27-18)12-8-23-24-9-12/h2,6,8-9,14-15H,1,3-5,7,10-11H2,(H,23,24)(H,25,27)/t14-,15+/m1/s1. The molecule has 11 heteroatoms. The fourth-order valence-corrected chi connectivity index (χ4v) is 4.13. The van der Waals surface area contributed by atoms with Crippen LogP contribution in [0.5, 0.6) is 0 Å². The predicted octanol–water partition coefficient (Wildman–Crippen LogP) is 2.89.